The molecule has 1 aromatic rings. The number of para-hydroxylation sites is 1. The van der Waals surface area contributed by atoms with E-state index in [0.29, 0.717) is 11.6 Å². The van der Waals surface area contributed by atoms with Crippen molar-refractivity contribution >= 4 is 11.6 Å². The molecular weight excluding hydrogens is 186 g/mol. The van der Waals surface area contributed by atoms with E-state index < -0.39 is 0 Å². The van der Waals surface area contributed by atoms with Crippen molar-refractivity contribution < 1.29 is 4.74 Å². The molecule has 0 unspecified atom stereocenters. The summed E-state index contributed by atoms with van der Waals surface area (Å²) in [5.74, 6) is 0.793. The Kier molecular flexibility index (Phi) is 4.06. The fourth-order valence-corrected chi connectivity index (χ4v) is 1.44. The third kappa shape index (κ3) is 2.61. The second-order valence-electron chi connectivity index (χ2n) is 2.69. The summed E-state index contributed by atoms with van der Waals surface area (Å²) < 4.78 is 5.45. The Hall–Kier alpha value is -0.730. The molecule has 0 bridgehead atoms. The average molecular weight is 200 g/mol. The molecule has 0 saturated carbocycles. The van der Waals surface area contributed by atoms with Crippen LogP contribution in [0.4, 0.5) is 0 Å². The van der Waals surface area contributed by atoms with Gasteiger partial charge in [0.05, 0.1) is 11.6 Å². The molecule has 2 nitrogen and oxygen atoms in total. The zero-order valence-corrected chi connectivity index (χ0v) is 8.69. The van der Waals surface area contributed by atoms with Crippen LogP contribution in [0, 0.1) is 0 Å². The first-order valence-electron chi connectivity index (χ1n) is 4.34. The van der Waals surface area contributed by atoms with Crippen molar-refractivity contribution in [3.05, 3.63) is 28.8 Å². The molecule has 72 valence electrons. The molecule has 0 heterocycles. The van der Waals surface area contributed by atoms with E-state index in [1.165, 1.54) is 0 Å². The van der Waals surface area contributed by atoms with Gasteiger partial charge in [-0.2, -0.15) is 0 Å². The molecule has 1 N–H and O–H groups in total. The zero-order valence-electron chi connectivity index (χ0n) is 7.93. The monoisotopic (exact) mass is 199 g/mol. The molecular formula is C10H14ClNO. The molecule has 0 atom stereocenters. The summed E-state index contributed by atoms with van der Waals surface area (Å²) in [6.07, 6.45) is 0. The number of ether oxygens (including phenoxy) is 1. The lowest BCUT2D eigenvalue weighted by molar-refractivity contribution is 0.336. The Morgan fingerprint density at radius 2 is 2.23 bits per heavy atom. The molecule has 1 aromatic carbocycles. The summed E-state index contributed by atoms with van der Waals surface area (Å²) in [7, 11) is 1.90. The predicted molar refractivity (Wildman–Crippen MR) is 55.4 cm³/mol. The van der Waals surface area contributed by atoms with E-state index in [4.69, 9.17) is 16.3 Å². The lowest BCUT2D eigenvalue weighted by atomic mass is 10.2. The highest BCUT2D eigenvalue weighted by molar-refractivity contribution is 6.32. The third-order valence-electron chi connectivity index (χ3n) is 1.70. The van der Waals surface area contributed by atoms with Gasteiger partial charge in [-0.25, -0.2) is 0 Å². The second kappa shape index (κ2) is 5.10. The van der Waals surface area contributed by atoms with Crippen LogP contribution < -0.4 is 10.1 Å². The predicted octanol–water partition coefficient (Wildman–Crippen LogP) is 2.46. The van der Waals surface area contributed by atoms with Crippen LogP contribution >= 0.6 is 11.6 Å². The molecule has 0 aliphatic carbocycles. The Bertz CT molecular complexity index is 276. The smallest absolute Gasteiger partial charge is 0.142 e. The molecule has 0 aliphatic rings. The van der Waals surface area contributed by atoms with Gasteiger partial charge in [0.2, 0.25) is 0 Å². The van der Waals surface area contributed by atoms with Crippen LogP contribution in [0.15, 0.2) is 18.2 Å². The number of benzene rings is 1. The van der Waals surface area contributed by atoms with Crippen LogP contribution in [-0.2, 0) is 6.54 Å². The number of rotatable bonds is 4. The van der Waals surface area contributed by atoms with Crippen LogP contribution in [0.5, 0.6) is 5.75 Å². The molecule has 0 saturated heterocycles. The largest absolute Gasteiger partial charge is 0.492 e. The minimum atomic E-state index is 0.639. The molecule has 0 amide bonds. The maximum atomic E-state index is 5.99. The maximum absolute atomic E-state index is 5.99. The van der Waals surface area contributed by atoms with Gasteiger partial charge in [-0.15, -0.1) is 0 Å². The van der Waals surface area contributed by atoms with Crippen molar-refractivity contribution in [1.29, 1.82) is 0 Å². The molecule has 3 heteroatoms. The summed E-state index contributed by atoms with van der Waals surface area (Å²) in [6, 6.07) is 5.77. The molecule has 0 radical (unpaired) electrons. The lowest BCUT2D eigenvalue weighted by Gasteiger charge is -2.10. The quantitative estimate of drug-likeness (QED) is 0.805. The standard InChI is InChI=1S/C10H14ClNO/c1-3-13-10-8(7-12-2)5-4-6-9(10)11/h4-6,12H,3,7H2,1-2H3. The number of nitrogens with one attached hydrogen (secondary N) is 1. The number of hydrogen-bond acceptors (Lipinski definition) is 2. The van der Waals surface area contributed by atoms with Crippen molar-refractivity contribution in [2.24, 2.45) is 0 Å². The summed E-state index contributed by atoms with van der Waals surface area (Å²) in [5, 5.41) is 3.75. The Labute approximate surface area is 83.9 Å². The van der Waals surface area contributed by atoms with Gasteiger partial charge in [0.15, 0.2) is 0 Å². The maximum Gasteiger partial charge on any atom is 0.142 e. The highest BCUT2D eigenvalue weighted by atomic mass is 35.5. The van der Waals surface area contributed by atoms with E-state index >= 15 is 0 Å². The van der Waals surface area contributed by atoms with Crippen LogP contribution in [0.25, 0.3) is 0 Å². The van der Waals surface area contributed by atoms with Crippen molar-refractivity contribution in [1.82, 2.24) is 5.32 Å². The van der Waals surface area contributed by atoms with Gasteiger partial charge in [-0.05, 0) is 20.0 Å². The van der Waals surface area contributed by atoms with Gasteiger partial charge in [-0.3, -0.25) is 0 Å². The highest BCUT2D eigenvalue weighted by Gasteiger charge is 2.06. The van der Waals surface area contributed by atoms with Crippen molar-refractivity contribution in [2.75, 3.05) is 13.7 Å². The van der Waals surface area contributed by atoms with Gasteiger partial charge in [-0.1, -0.05) is 23.7 Å². The van der Waals surface area contributed by atoms with Gasteiger partial charge in [0.25, 0.3) is 0 Å². The SMILES string of the molecule is CCOc1c(Cl)cccc1CNC. The summed E-state index contributed by atoms with van der Waals surface area (Å²) in [5.41, 5.74) is 1.09. The van der Waals surface area contributed by atoms with Gasteiger partial charge < -0.3 is 10.1 Å². The minimum absolute atomic E-state index is 0.639. The Morgan fingerprint density at radius 3 is 2.85 bits per heavy atom. The molecule has 1 rings (SSSR count). The number of halogens is 1. The Morgan fingerprint density at radius 1 is 1.46 bits per heavy atom. The molecule has 0 spiro atoms. The van der Waals surface area contributed by atoms with E-state index in [9.17, 15) is 0 Å². The highest BCUT2D eigenvalue weighted by Crippen LogP contribution is 2.28. The fourth-order valence-electron chi connectivity index (χ4n) is 1.19. The van der Waals surface area contributed by atoms with E-state index in [-0.39, 0.29) is 0 Å². The van der Waals surface area contributed by atoms with Gasteiger partial charge in [0.1, 0.15) is 5.75 Å². The van der Waals surface area contributed by atoms with E-state index in [0.717, 1.165) is 17.9 Å². The Balaban J connectivity index is 2.95. The van der Waals surface area contributed by atoms with E-state index in [1.54, 1.807) is 0 Å². The summed E-state index contributed by atoms with van der Waals surface area (Å²) in [4.78, 5) is 0. The van der Waals surface area contributed by atoms with Crippen LogP contribution in [-0.4, -0.2) is 13.7 Å². The fraction of sp³-hybridized carbons (Fsp3) is 0.400. The van der Waals surface area contributed by atoms with Crippen molar-refractivity contribution in [3.8, 4) is 5.75 Å². The molecule has 13 heavy (non-hydrogen) atoms. The normalized spacial score (nSPS) is 10.1. The van der Waals surface area contributed by atoms with Crippen LogP contribution in [0.1, 0.15) is 12.5 Å². The third-order valence-corrected chi connectivity index (χ3v) is 2.00. The molecule has 0 aliphatic heterocycles. The zero-order chi connectivity index (χ0) is 9.68. The average Bonchev–Trinajstić information content (AvgIpc) is 2.11. The van der Waals surface area contributed by atoms with Crippen molar-refractivity contribution in [2.45, 2.75) is 13.5 Å². The van der Waals surface area contributed by atoms with Crippen molar-refractivity contribution in [3.63, 3.8) is 0 Å². The van der Waals surface area contributed by atoms with Gasteiger partial charge in [0, 0.05) is 12.1 Å². The summed E-state index contributed by atoms with van der Waals surface area (Å²) >= 11 is 5.99. The second-order valence-corrected chi connectivity index (χ2v) is 3.10. The van der Waals surface area contributed by atoms with E-state index in [1.807, 2.05) is 32.2 Å². The first kappa shape index (κ1) is 10.4. The molecule has 0 fully saturated rings. The van der Waals surface area contributed by atoms with E-state index in [2.05, 4.69) is 5.32 Å². The van der Waals surface area contributed by atoms with Gasteiger partial charge >= 0.3 is 0 Å². The lowest BCUT2D eigenvalue weighted by Crippen LogP contribution is -2.07. The van der Waals surface area contributed by atoms with Crippen LogP contribution in [0.3, 0.4) is 0 Å². The minimum Gasteiger partial charge on any atom is -0.492 e. The first-order chi connectivity index (χ1) is 6.29. The summed E-state index contributed by atoms with van der Waals surface area (Å²) in [6.45, 7) is 3.36. The first-order valence-corrected chi connectivity index (χ1v) is 4.72. The molecule has 0 aromatic heterocycles. The topological polar surface area (TPSA) is 21.3 Å². The van der Waals surface area contributed by atoms with Crippen LogP contribution in [0.2, 0.25) is 5.02 Å². The number of hydrogen-bond donors (Lipinski definition) is 1.